The number of fused-ring (bicyclic) bond motifs is 1. The lowest BCUT2D eigenvalue weighted by atomic mass is 10.1. The number of methoxy groups -OCH3 is 1. The molecule has 5 nitrogen and oxygen atoms in total. The average molecular weight is 372 g/mol. The van der Waals surface area contributed by atoms with Crippen molar-refractivity contribution >= 4 is 34.2 Å². The van der Waals surface area contributed by atoms with E-state index in [1.165, 1.54) is 11.1 Å². The molecule has 0 amide bonds. The number of anilines is 2. The van der Waals surface area contributed by atoms with E-state index >= 15 is 0 Å². The molecular weight excluding hydrogens is 348 g/mol. The molecule has 28 heavy (non-hydrogen) atoms. The van der Waals surface area contributed by atoms with Crippen LogP contribution < -0.4 is 10.1 Å². The molecular formula is C23H24N4O. The molecule has 0 spiro atoms. The maximum absolute atomic E-state index is 5.38. The third-order valence-electron chi connectivity index (χ3n) is 4.14. The van der Waals surface area contributed by atoms with Crippen LogP contribution in [0.25, 0.3) is 16.5 Å². The lowest BCUT2D eigenvalue weighted by Gasteiger charge is -2.13. The molecule has 0 atom stereocenters. The predicted molar refractivity (Wildman–Crippen MR) is 118 cm³/mol. The van der Waals surface area contributed by atoms with E-state index in [9.17, 15) is 0 Å². The lowest BCUT2D eigenvalue weighted by molar-refractivity contribution is 0.415. The summed E-state index contributed by atoms with van der Waals surface area (Å²) in [5, 5.41) is 4.31. The molecule has 0 aliphatic carbocycles. The molecule has 1 aromatic heterocycles. The van der Waals surface area contributed by atoms with E-state index < -0.39 is 0 Å². The minimum absolute atomic E-state index is 0.526. The number of aliphatic imine (C=N–C) groups is 1. The number of allylic oxidation sites excluding steroid dienone is 2. The number of rotatable bonds is 6. The van der Waals surface area contributed by atoms with Gasteiger partial charge in [-0.25, -0.2) is 9.97 Å². The second-order valence-electron chi connectivity index (χ2n) is 6.57. The van der Waals surface area contributed by atoms with Gasteiger partial charge < -0.3 is 10.1 Å². The van der Waals surface area contributed by atoms with Crippen LogP contribution >= 0.6 is 0 Å². The molecule has 0 aliphatic rings. The molecule has 3 rings (SSSR count). The molecule has 142 valence electrons. The Kier molecular flexibility index (Phi) is 5.84. The van der Waals surface area contributed by atoms with Crippen molar-refractivity contribution < 1.29 is 4.74 Å². The van der Waals surface area contributed by atoms with Crippen LogP contribution in [0.5, 0.6) is 5.75 Å². The standard InChI is InChI=1S/C23H24N4O/c1-6-9-24-14-17(4)22-26-21-8-7-19(28-5)13-20(21)23(27-22)25-18-11-15(2)10-16(3)12-18/h6-14H,4H2,1-3,5H3,(H,25,26,27)/b9-6-,24-14?. The molecule has 1 heterocycles. The predicted octanol–water partition coefficient (Wildman–Crippen LogP) is 5.62. The summed E-state index contributed by atoms with van der Waals surface area (Å²) in [7, 11) is 1.65. The molecule has 0 fully saturated rings. The van der Waals surface area contributed by atoms with Crippen molar-refractivity contribution in [2.45, 2.75) is 20.8 Å². The second kappa shape index (κ2) is 8.48. The SMILES string of the molecule is C=C(C=N/C=C\C)c1nc(Nc2cc(C)cc(C)c2)c2cc(OC)ccc2n1. The van der Waals surface area contributed by atoms with Crippen LogP contribution in [0.2, 0.25) is 0 Å². The molecule has 0 saturated heterocycles. The number of nitrogens with zero attached hydrogens (tertiary/aromatic N) is 3. The molecule has 1 N–H and O–H groups in total. The minimum Gasteiger partial charge on any atom is -0.497 e. The summed E-state index contributed by atoms with van der Waals surface area (Å²) in [5.74, 6) is 1.98. The molecule has 5 heteroatoms. The highest BCUT2D eigenvalue weighted by atomic mass is 16.5. The van der Waals surface area contributed by atoms with Crippen molar-refractivity contribution in [3.63, 3.8) is 0 Å². The van der Waals surface area contributed by atoms with Gasteiger partial charge in [-0.05, 0) is 62.2 Å². The fraction of sp³-hybridized carbons (Fsp3) is 0.174. The van der Waals surface area contributed by atoms with Gasteiger partial charge in [0, 0.05) is 29.1 Å². The van der Waals surface area contributed by atoms with E-state index in [0.29, 0.717) is 17.2 Å². The van der Waals surface area contributed by atoms with Crippen LogP contribution in [-0.4, -0.2) is 23.3 Å². The van der Waals surface area contributed by atoms with E-state index in [1.807, 2.05) is 31.2 Å². The Morgan fingerprint density at radius 3 is 2.54 bits per heavy atom. The van der Waals surface area contributed by atoms with E-state index in [0.717, 1.165) is 22.3 Å². The van der Waals surface area contributed by atoms with Crippen LogP contribution in [0.1, 0.15) is 23.9 Å². The third-order valence-corrected chi connectivity index (χ3v) is 4.14. The van der Waals surface area contributed by atoms with Crippen molar-refractivity contribution in [1.82, 2.24) is 9.97 Å². The number of aryl methyl sites for hydroxylation is 2. The number of hydrogen-bond donors (Lipinski definition) is 1. The third kappa shape index (κ3) is 4.43. The molecule has 2 aromatic carbocycles. The van der Waals surface area contributed by atoms with Gasteiger partial charge in [-0.2, -0.15) is 0 Å². The van der Waals surface area contributed by atoms with E-state index in [2.05, 4.69) is 53.9 Å². The quantitative estimate of drug-likeness (QED) is 0.571. The van der Waals surface area contributed by atoms with Crippen LogP contribution in [0, 0.1) is 13.8 Å². The summed E-state index contributed by atoms with van der Waals surface area (Å²) < 4.78 is 5.38. The summed E-state index contributed by atoms with van der Waals surface area (Å²) in [6.45, 7) is 10.1. The first-order valence-electron chi connectivity index (χ1n) is 9.05. The van der Waals surface area contributed by atoms with E-state index in [-0.39, 0.29) is 0 Å². The molecule has 0 unspecified atom stereocenters. The maximum Gasteiger partial charge on any atom is 0.163 e. The number of benzene rings is 2. The highest BCUT2D eigenvalue weighted by Crippen LogP contribution is 2.29. The monoisotopic (exact) mass is 372 g/mol. The van der Waals surface area contributed by atoms with Crippen molar-refractivity contribution in [2.75, 3.05) is 12.4 Å². The summed E-state index contributed by atoms with van der Waals surface area (Å²) in [5.41, 5.74) is 4.78. The second-order valence-corrected chi connectivity index (χ2v) is 6.57. The van der Waals surface area contributed by atoms with Crippen LogP contribution in [0.4, 0.5) is 11.5 Å². The highest BCUT2D eigenvalue weighted by molar-refractivity contribution is 6.08. The highest BCUT2D eigenvalue weighted by Gasteiger charge is 2.11. The summed E-state index contributed by atoms with van der Waals surface area (Å²) >= 11 is 0. The Bertz CT molecular complexity index is 1060. The minimum atomic E-state index is 0.526. The molecule has 0 bridgehead atoms. The zero-order valence-corrected chi connectivity index (χ0v) is 16.7. The van der Waals surface area contributed by atoms with Crippen LogP contribution in [0.3, 0.4) is 0 Å². The van der Waals surface area contributed by atoms with Gasteiger partial charge in [0.1, 0.15) is 11.6 Å². The zero-order chi connectivity index (χ0) is 20.1. The van der Waals surface area contributed by atoms with Gasteiger partial charge in [0.25, 0.3) is 0 Å². The normalized spacial score (nSPS) is 11.4. The van der Waals surface area contributed by atoms with Crippen molar-refractivity contribution in [3.8, 4) is 5.75 Å². The number of hydrogen-bond acceptors (Lipinski definition) is 5. The lowest BCUT2D eigenvalue weighted by Crippen LogP contribution is -2.02. The summed E-state index contributed by atoms with van der Waals surface area (Å²) in [6, 6.07) is 12.0. The van der Waals surface area contributed by atoms with Gasteiger partial charge in [0.15, 0.2) is 5.82 Å². The Morgan fingerprint density at radius 2 is 1.86 bits per heavy atom. The maximum atomic E-state index is 5.38. The van der Waals surface area contributed by atoms with Gasteiger partial charge in [-0.15, -0.1) is 0 Å². The fourth-order valence-corrected chi connectivity index (χ4v) is 2.93. The van der Waals surface area contributed by atoms with Crippen LogP contribution in [0.15, 0.2) is 60.2 Å². The smallest absolute Gasteiger partial charge is 0.163 e. The first-order valence-corrected chi connectivity index (χ1v) is 9.05. The Morgan fingerprint density at radius 1 is 1.11 bits per heavy atom. The van der Waals surface area contributed by atoms with Gasteiger partial charge in [0.05, 0.1) is 12.6 Å². The Balaban J connectivity index is 2.12. The van der Waals surface area contributed by atoms with E-state index in [1.54, 1.807) is 19.5 Å². The first-order chi connectivity index (χ1) is 13.5. The summed E-state index contributed by atoms with van der Waals surface area (Å²) in [4.78, 5) is 13.5. The largest absolute Gasteiger partial charge is 0.497 e. The first kappa shape index (κ1) is 19.3. The zero-order valence-electron chi connectivity index (χ0n) is 16.7. The molecule has 0 saturated carbocycles. The molecule has 3 aromatic rings. The Hall–Kier alpha value is -3.47. The average Bonchev–Trinajstić information content (AvgIpc) is 2.66. The van der Waals surface area contributed by atoms with Crippen LogP contribution in [-0.2, 0) is 0 Å². The molecule has 0 radical (unpaired) electrons. The van der Waals surface area contributed by atoms with Crippen molar-refractivity contribution in [3.05, 3.63) is 72.2 Å². The molecule has 0 aliphatic heterocycles. The number of nitrogens with one attached hydrogen (secondary N) is 1. The number of ether oxygens (including phenoxy) is 1. The van der Waals surface area contributed by atoms with Gasteiger partial charge in [-0.3, -0.25) is 4.99 Å². The topological polar surface area (TPSA) is 59.4 Å². The van der Waals surface area contributed by atoms with Gasteiger partial charge in [-0.1, -0.05) is 18.7 Å². The van der Waals surface area contributed by atoms with Gasteiger partial charge >= 0.3 is 0 Å². The Labute approximate surface area is 165 Å². The van der Waals surface area contributed by atoms with E-state index in [4.69, 9.17) is 9.72 Å². The van der Waals surface area contributed by atoms with Crippen molar-refractivity contribution in [2.24, 2.45) is 4.99 Å². The summed E-state index contributed by atoms with van der Waals surface area (Å²) in [6.07, 6.45) is 5.21. The number of aromatic nitrogens is 2. The fourth-order valence-electron chi connectivity index (χ4n) is 2.93. The van der Waals surface area contributed by atoms with Crippen molar-refractivity contribution in [1.29, 1.82) is 0 Å². The van der Waals surface area contributed by atoms with Gasteiger partial charge in [0.2, 0.25) is 0 Å².